The number of benzene rings is 1. The average Bonchev–Trinajstić information content (AvgIpc) is 2.31. The van der Waals surface area contributed by atoms with Crippen LogP contribution in [0.15, 0.2) is 18.2 Å². The molecule has 1 nitrogen and oxygen atoms in total. The van der Waals surface area contributed by atoms with Crippen LogP contribution in [0.1, 0.15) is 57.2 Å². The predicted octanol–water partition coefficient (Wildman–Crippen LogP) is 4.61. The molecule has 0 aliphatic rings. The normalized spacial score (nSPS) is 13.0. The molecule has 0 saturated heterocycles. The molecule has 1 rings (SSSR count). The lowest BCUT2D eigenvalue weighted by atomic mass is 9.96. The molecule has 0 aliphatic heterocycles. The van der Waals surface area contributed by atoms with E-state index in [0.717, 1.165) is 36.4 Å². The van der Waals surface area contributed by atoms with Crippen molar-refractivity contribution >= 4 is 0 Å². The third kappa shape index (κ3) is 4.77. The lowest BCUT2D eigenvalue weighted by molar-refractivity contribution is 0.441. The highest BCUT2D eigenvalue weighted by atomic mass is 19.1. The van der Waals surface area contributed by atoms with Gasteiger partial charge in [-0.25, -0.2) is 4.39 Å². The maximum atomic E-state index is 13.9. The van der Waals surface area contributed by atoms with Gasteiger partial charge in [-0.1, -0.05) is 51.3 Å². The van der Waals surface area contributed by atoms with Gasteiger partial charge in [0.2, 0.25) is 0 Å². The highest BCUT2D eigenvalue weighted by Crippen LogP contribution is 2.24. The van der Waals surface area contributed by atoms with E-state index in [1.807, 2.05) is 19.1 Å². The third-order valence-corrected chi connectivity index (χ3v) is 3.25. The molecular formula is C16H26FN. The molecular weight excluding hydrogens is 225 g/mol. The van der Waals surface area contributed by atoms with Crippen LogP contribution in [0.5, 0.6) is 0 Å². The Morgan fingerprint density at radius 2 is 1.94 bits per heavy atom. The summed E-state index contributed by atoms with van der Waals surface area (Å²) in [6, 6.07) is 5.53. The van der Waals surface area contributed by atoms with E-state index in [-0.39, 0.29) is 11.9 Å². The van der Waals surface area contributed by atoms with Crippen LogP contribution in [0, 0.1) is 18.7 Å². The summed E-state index contributed by atoms with van der Waals surface area (Å²) in [4.78, 5) is 0. The molecule has 0 spiro atoms. The first kappa shape index (κ1) is 15.2. The van der Waals surface area contributed by atoms with Crippen molar-refractivity contribution in [2.45, 2.75) is 53.0 Å². The van der Waals surface area contributed by atoms with E-state index in [0.29, 0.717) is 0 Å². The van der Waals surface area contributed by atoms with Gasteiger partial charge in [0, 0.05) is 11.6 Å². The summed E-state index contributed by atoms with van der Waals surface area (Å²) in [5, 5.41) is 3.40. The Hall–Kier alpha value is -0.890. The van der Waals surface area contributed by atoms with Crippen LogP contribution in [-0.2, 0) is 0 Å². The summed E-state index contributed by atoms with van der Waals surface area (Å²) >= 11 is 0. The second-order valence-corrected chi connectivity index (χ2v) is 5.46. The minimum atomic E-state index is -0.0869. The summed E-state index contributed by atoms with van der Waals surface area (Å²) in [5.74, 6) is 0.630. The molecule has 0 aromatic heterocycles. The fourth-order valence-electron chi connectivity index (χ4n) is 2.27. The fraction of sp³-hybridized carbons (Fsp3) is 0.625. The Labute approximate surface area is 111 Å². The van der Waals surface area contributed by atoms with E-state index in [2.05, 4.69) is 26.1 Å². The summed E-state index contributed by atoms with van der Waals surface area (Å²) in [5.41, 5.74) is 1.94. The van der Waals surface area contributed by atoms with Gasteiger partial charge in [0.25, 0.3) is 0 Å². The zero-order valence-electron chi connectivity index (χ0n) is 12.1. The van der Waals surface area contributed by atoms with Crippen molar-refractivity contribution in [1.29, 1.82) is 0 Å². The van der Waals surface area contributed by atoms with E-state index in [9.17, 15) is 4.39 Å². The topological polar surface area (TPSA) is 12.0 Å². The molecule has 0 amide bonds. The van der Waals surface area contributed by atoms with Gasteiger partial charge in [-0.3, -0.25) is 0 Å². The zero-order valence-corrected chi connectivity index (χ0v) is 12.1. The highest BCUT2D eigenvalue weighted by molar-refractivity contribution is 5.26. The zero-order chi connectivity index (χ0) is 13.5. The molecule has 1 unspecified atom stereocenters. The fourth-order valence-corrected chi connectivity index (χ4v) is 2.27. The number of hydrogen-bond donors (Lipinski definition) is 1. The number of rotatable bonds is 7. The van der Waals surface area contributed by atoms with Crippen LogP contribution in [0.2, 0.25) is 0 Å². The number of halogens is 1. The molecule has 0 fully saturated rings. The molecule has 0 radical (unpaired) electrons. The minimum Gasteiger partial charge on any atom is -0.310 e. The summed E-state index contributed by atoms with van der Waals surface area (Å²) in [7, 11) is 0. The lowest BCUT2D eigenvalue weighted by Gasteiger charge is -2.20. The average molecular weight is 251 g/mol. The Balaban J connectivity index is 2.73. The van der Waals surface area contributed by atoms with E-state index in [1.54, 1.807) is 6.07 Å². The second-order valence-electron chi connectivity index (χ2n) is 5.46. The lowest BCUT2D eigenvalue weighted by Crippen LogP contribution is -2.22. The van der Waals surface area contributed by atoms with Crippen LogP contribution in [0.4, 0.5) is 4.39 Å². The van der Waals surface area contributed by atoms with Crippen molar-refractivity contribution in [3.63, 3.8) is 0 Å². The number of nitrogens with one attached hydrogen (secondary N) is 1. The van der Waals surface area contributed by atoms with Crippen LogP contribution >= 0.6 is 0 Å². The summed E-state index contributed by atoms with van der Waals surface area (Å²) < 4.78 is 13.9. The molecule has 102 valence electrons. The first-order valence-electron chi connectivity index (χ1n) is 7.04. The molecule has 0 bridgehead atoms. The van der Waals surface area contributed by atoms with Crippen molar-refractivity contribution in [2.75, 3.05) is 6.54 Å². The predicted molar refractivity (Wildman–Crippen MR) is 76.2 cm³/mol. The van der Waals surface area contributed by atoms with Crippen molar-refractivity contribution in [1.82, 2.24) is 5.32 Å². The maximum absolute atomic E-state index is 13.9. The monoisotopic (exact) mass is 251 g/mol. The van der Waals surface area contributed by atoms with Crippen LogP contribution in [0.25, 0.3) is 0 Å². The molecule has 1 aromatic rings. The van der Waals surface area contributed by atoms with Gasteiger partial charge in [0.1, 0.15) is 5.82 Å². The number of hydrogen-bond acceptors (Lipinski definition) is 1. The van der Waals surface area contributed by atoms with Gasteiger partial charge in [-0.05, 0) is 31.9 Å². The smallest absolute Gasteiger partial charge is 0.127 e. The molecule has 0 aliphatic carbocycles. The van der Waals surface area contributed by atoms with Crippen LogP contribution in [0.3, 0.4) is 0 Å². The van der Waals surface area contributed by atoms with E-state index in [4.69, 9.17) is 0 Å². The van der Waals surface area contributed by atoms with Crippen molar-refractivity contribution < 1.29 is 4.39 Å². The van der Waals surface area contributed by atoms with Crippen LogP contribution < -0.4 is 5.32 Å². The first-order valence-corrected chi connectivity index (χ1v) is 7.04. The Morgan fingerprint density at radius 1 is 1.22 bits per heavy atom. The summed E-state index contributed by atoms with van der Waals surface area (Å²) in [6.07, 6.45) is 3.35. The minimum absolute atomic E-state index is 0.0869. The van der Waals surface area contributed by atoms with E-state index >= 15 is 0 Å². The van der Waals surface area contributed by atoms with E-state index < -0.39 is 0 Å². The van der Waals surface area contributed by atoms with Gasteiger partial charge in [0.05, 0.1) is 0 Å². The number of aryl methyl sites for hydroxylation is 1. The standard InChI is InChI=1S/C16H26FN/c1-5-18-16(8-6-7-12(2)3)14-11-13(4)9-10-15(14)17/h9-12,16,18H,5-8H2,1-4H3. The molecule has 0 heterocycles. The summed E-state index contributed by atoms with van der Waals surface area (Å²) in [6.45, 7) is 9.42. The van der Waals surface area contributed by atoms with E-state index in [1.165, 1.54) is 6.42 Å². The molecule has 2 heteroatoms. The van der Waals surface area contributed by atoms with Crippen LogP contribution in [-0.4, -0.2) is 6.54 Å². The molecule has 1 atom stereocenters. The van der Waals surface area contributed by atoms with Crippen molar-refractivity contribution in [3.05, 3.63) is 35.1 Å². The quantitative estimate of drug-likeness (QED) is 0.746. The molecule has 0 saturated carbocycles. The second kappa shape index (κ2) is 7.52. The molecule has 1 aromatic carbocycles. The first-order chi connectivity index (χ1) is 8.54. The molecule has 18 heavy (non-hydrogen) atoms. The SMILES string of the molecule is CCNC(CCCC(C)C)c1cc(C)ccc1F. The molecule has 1 N–H and O–H groups in total. The van der Waals surface area contributed by atoms with Gasteiger partial charge in [-0.15, -0.1) is 0 Å². The van der Waals surface area contributed by atoms with Gasteiger partial charge < -0.3 is 5.32 Å². The Bertz CT molecular complexity index is 360. The largest absolute Gasteiger partial charge is 0.310 e. The highest BCUT2D eigenvalue weighted by Gasteiger charge is 2.14. The van der Waals surface area contributed by atoms with Gasteiger partial charge in [-0.2, -0.15) is 0 Å². The van der Waals surface area contributed by atoms with Gasteiger partial charge in [0.15, 0.2) is 0 Å². The Morgan fingerprint density at radius 3 is 2.56 bits per heavy atom. The Kier molecular flexibility index (Phi) is 6.34. The maximum Gasteiger partial charge on any atom is 0.127 e. The third-order valence-electron chi connectivity index (χ3n) is 3.25. The van der Waals surface area contributed by atoms with Crippen molar-refractivity contribution in [3.8, 4) is 0 Å². The van der Waals surface area contributed by atoms with Crippen molar-refractivity contribution in [2.24, 2.45) is 5.92 Å². The van der Waals surface area contributed by atoms with Gasteiger partial charge >= 0.3 is 0 Å².